The monoisotopic (exact) mass is 880 g/mol. The SMILES string of the molecule is Cc1ccc(-c2cc(C)ccc2N2c3ccc(C)cc3B3c4cc(C)ccc4N(c4ccc(C)cc4)c4cc(Cc5ccc(C(C)C)cc5)cc2c43)cc1.Cc1cccc2c1oc1ccccc12. The zero-order chi connectivity index (χ0) is 46.8. The van der Waals surface area contributed by atoms with Crippen molar-refractivity contribution < 1.29 is 4.42 Å². The Bertz CT molecular complexity index is 3530. The lowest BCUT2D eigenvalue weighted by molar-refractivity contribution is 0.666. The van der Waals surface area contributed by atoms with E-state index in [9.17, 15) is 0 Å². The lowest BCUT2D eigenvalue weighted by atomic mass is 9.33. The molecule has 0 amide bonds. The van der Waals surface area contributed by atoms with E-state index < -0.39 is 0 Å². The molecule has 0 fully saturated rings. The van der Waals surface area contributed by atoms with Crippen molar-refractivity contribution in [1.82, 2.24) is 0 Å². The highest BCUT2D eigenvalue weighted by Gasteiger charge is 2.44. The molecule has 68 heavy (non-hydrogen) atoms. The number of fused-ring (bicyclic) bond motifs is 7. The fourth-order valence-corrected chi connectivity index (χ4v) is 10.6. The third-order valence-corrected chi connectivity index (χ3v) is 14.1. The summed E-state index contributed by atoms with van der Waals surface area (Å²) in [6.07, 6.45) is 0.846. The van der Waals surface area contributed by atoms with Crippen LogP contribution in [0.4, 0.5) is 34.1 Å². The van der Waals surface area contributed by atoms with Crippen LogP contribution < -0.4 is 26.2 Å². The standard InChI is InChI=1S/C51H47BN2.C13H10O/c1-32(2)40-19-15-38(16-20-40)29-39-30-49-51-50(31-39)54(46-23-12-35(5)26-43(46)41-17-8-33(3)9-18-41)48-25-14-37(7)28-45(48)52(51)44-27-36(6)13-24-47(44)53(49)42-21-10-34(4)11-22-42;1-9-5-4-7-11-10-6-2-3-8-12(10)14-13(9)11/h8-28,30-32H,29H2,1-7H3;2-8H,1H3. The van der Waals surface area contributed by atoms with Gasteiger partial charge in [0.15, 0.2) is 0 Å². The zero-order valence-electron chi connectivity index (χ0n) is 40.5. The first-order valence-electron chi connectivity index (χ1n) is 24.2. The summed E-state index contributed by atoms with van der Waals surface area (Å²) in [5.74, 6) is 0.505. The van der Waals surface area contributed by atoms with Gasteiger partial charge in [-0.05, 0) is 153 Å². The van der Waals surface area contributed by atoms with Gasteiger partial charge in [-0.2, -0.15) is 0 Å². The molecular formula is C64H57BN2O. The molecule has 332 valence electrons. The molecule has 3 heterocycles. The molecule has 0 aliphatic carbocycles. The Labute approximate surface area is 402 Å². The maximum absolute atomic E-state index is 5.78. The van der Waals surface area contributed by atoms with Crippen LogP contribution in [0, 0.1) is 41.5 Å². The highest BCUT2D eigenvalue weighted by Crippen LogP contribution is 2.47. The topological polar surface area (TPSA) is 19.6 Å². The van der Waals surface area contributed by atoms with Crippen LogP contribution in [-0.2, 0) is 6.42 Å². The van der Waals surface area contributed by atoms with E-state index in [1.165, 1.54) is 122 Å². The maximum Gasteiger partial charge on any atom is 0.252 e. The average molecular weight is 881 g/mol. The smallest absolute Gasteiger partial charge is 0.252 e. The van der Waals surface area contributed by atoms with Gasteiger partial charge in [0, 0.05) is 44.8 Å². The van der Waals surface area contributed by atoms with Crippen LogP contribution in [0.3, 0.4) is 0 Å². The number of benzene rings is 9. The van der Waals surface area contributed by atoms with Crippen molar-refractivity contribution in [1.29, 1.82) is 0 Å². The number of para-hydroxylation sites is 2. The molecule has 3 nitrogen and oxygen atoms in total. The summed E-state index contributed by atoms with van der Waals surface area (Å²) in [6.45, 7) is 17.7. The number of nitrogens with zero attached hydrogens (tertiary/aromatic N) is 2. The fourth-order valence-electron chi connectivity index (χ4n) is 10.6. The molecule has 0 saturated carbocycles. The summed E-state index contributed by atoms with van der Waals surface area (Å²) in [5.41, 5.74) is 27.4. The molecule has 0 unspecified atom stereocenters. The molecule has 10 aromatic rings. The first kappa shape index (κ1) is 43.0. The highest BCUT2D eigenvalue weighted by atomic mass is 16.3. The van der Waals surface area contributed by atoms with Crippen molar-refractivity contribution in [2.45, 2.75) is 67.7 Å². The molecule has 0 radical (unpaired) electrons. The summed E-state index contributed by atoms with van der Waals surface area (Å²) < 4.78 is 5.78. The molecule has 0 spiro atoms. The first-order chi connectivity index (χ1) is 33.0. The van der Waals surface area contributed by atoms with Gasteiger partial charge in [-0.25, -0.2) is 0 Å². The van der Waals surface area contributed by atoms with Crippen LogP contribution in [0.25, 0.3) is 33.1 Å². The van der Waals surface area contributed by atoms with Gasteiger partial charge >= 0.3 is 0 Å². The Hall–Kier alpha value is -7.56. The molecule has 2 aliphatic rings. The largest absolute Gasteiger partial charge is 0.456 e. The van der Waals surface area contributed by atoms with Gasteiger partial charge in [-0.1, -0.05) is 169 Å². The van der Waals surface area contributed by atoms with Crippen molar-refractivity contribution in [2.75, 3.05) is 9.80 Å². The predicted molar refractivity (Wildman–Crippen MR) is 291 cm³/mol. The van der Waals surface area contributed by atoms with E-state index in [2.05, 4.69) is 229 Å². The lowest BCUT2D eigenvalue weighted by Crippen LogP contribution is -2.61. The van der Waals surface area contributed by atoms with E-state index in [0.717, 1.165) is 17.6 Å². The van der Waals surface area contributed by atoms with Gasteiger partial charge in [0.25, 0.3) is 6.71 Å². The Balaban J connectivity index is 0.000000307. The van der Waals surface area contributed by atoms with E-state index in [0.29, 0.717) is 5.92 Å². The van der Waals surface area contributed by atoms with E-state index in [4.69, 9.17) is 4.42 Å². The molecule has 1 aromatic heterocycles. The van der Waals surface area contributed by atoms with Crippen molar-refractivity contribution in [3.8, 4) is 11.1 Å². The second kappa shape index (κ2) is 17.3. The van der Waals surface area contributed by atoms with Gasteiger partial charge in [0.1, 0.15) is 11.2 Å². The van der Waals surface area contributed by atoms with E-state index in [-0.39, 0.29) is 6.71 Å². The predicted octanol–water partition coefficient (Wildman–Crippen LogP) is 15.6. The number of anilines is 6. The molecule has 0 N–H and O–H groups in total. The second-order valence-electron chi connectivity index (χ2n) is 19.6. The minimum atomic E-state index is 0.0883. The van der Waals surface area contributed by atoms with Crippen LogP contribution in [0.5, 0.6) is 0 Å². The molecular weight excluding hydrogens is 824 g/mol. The van der Waals surface area contributed by atoms with E-state index in [1.807, 2.05) is 18.2 Å². The number of rotatable bonds is 6. The lowest BCUT2D eigenvalue weighted by Gasteiger charge is -2.45. The molecule has 9 aromatic carbocycles. The minimum absolute atomic E-state index is 0.0883. The molecule has 0 atom stereocenters. The van der Waals surface area contributed by atoms with Gasteiger partial charge in [0.2, 0.25) is 0 Å². The summed E-state index contributed by atoms with van der Waals surface area (Å²) in [7, 11) is 0. The summed E-state index contributed by atoms with van der Waals surface area (Å²) in [4.78, 5) is 5.11. The van der Waals surface area contributed by atoms with Gasteiger partial charge in [-0.15, -0.1) is 0 Å². The number of aryl methyl sites for hydroxylation is 6. The Morgan fingerprint density at radius 1 is 0.456 bits per heavy atom. The van der Waals surface area contributed by atoms with Gasteiger partial charge < -0.3 is 14.2 Å². The summed E-state index contributed by atoms with van der Waals surface area (Å²) >= 11 is 0. The first-order valence-corrected chi connectivity index (χ1v) is 24.2. The summed E-state index contributed by atoms with van der Waals surface area (Å²) in [5, 5.41) is 2.41. The minimum Gasteiger partial charge on any atom is -0.456 e. The van der Waals surface area contributed by atoms with Gasteiger partial charge in [0.05, 0.1) is 5.69 Å². The fraction of sp³-hybridized carbons (Fsp3) is 0.156. The van der Waals surface area contributed by atoms with E-state index >= 15 is 0 Å². The van der Waals surface area contributed by atoms with Crippen molar-refractivity contribution >= 4 is 79.2 Å². The zero-order valence-corrected chi connectivity index (χ0v) is 40.5. The Kier molecular flexibility index (Phi) is 10.9. The van der Waals surface area contributed by atoms with Crippen LogP contribution >= 0.6 is 0 Å². The average Bonchev–Trinajstić information content (AvgIpc) is 3.73. The number of hydrogen-bond donors (Lipinski definition) is 0. The Morgan fingerprint density at radius 3 is 1.68 bits per heavy atom. The Morgan fingerprint density at radius 2 is 1.01 bits per heavy atom. The molecule has 0 saturated heterocycles. The molecule has 12 rings (SSSR count). The second-order valence-corrected chi connectivity index (χ2v) is 19.6. The molecule has 2 aliphatic heterocycles. The normalized spacial score (nSPS) is 12.5. The number of hydrogen-bond acceptors (Lipinski definition) is 3. The third-order valence-electron chi connectivity index (χ3n) is 14.1. The third kappa shape index (κ3) is 7.68. The van der Waals surface area contributed by atoms with Crippen molar-refractivity contribution in [3.63, 3.8) is 0 Å². The summed E-state index contributed by atoms with van der Waals surface area (Å²) in [6, 6.07) is 67.9. The quantitative estimate of drug-likeness (QED) is 0.155. The van der Waals surface area contributed by atoms with Gasteiger partial charge in [-0.3, -0.25) is 0 Å². The number of furan rings is 1. The molecule has 4 heteroatoms. The van der Waals surface area contributed by atoms with Crippen molar-refractivity contribution in [3.05, 3.63) is 232 Å². The van der Waals surface area contributed by atoms with Crippen LogP contribution in [-0.4, -0.2) is 6.71 Å². The van der Waals surface area contributed by atoms with E-state index in [1.54, 1.807) is 0 Å². The van der Waals surface area contributed by atoms with Crippen molar-refractivity contribution in [2.24, 2.45) is 0 Å². The molecule has 0 bridgehead atoms. The van der Waals surface area contributed by atoms with Crippen LogP contribution in [0.15, 0.2) is 186 Å². The van der Waals surface area contributed by atoms with Crippen LogP contribution in [0.1, 0.15) is 69.8 Å². The maximum atomic E-state index is 5.78. The highest BCUT2D eigenvalue weighted by molar-refractivity contribution is 7.00. The van der Waals surface area contributed by atoms with Crippen LogP contribution in [0.2, 0.25) is 0 Å².